The fraction of sp³-hybridized carbons (Fsp3) is 0.143. The molecule has 0 fully saturated rings. The van der Waals surface area contributed by atoms with Crippen molar-refractivity contribution in [2.24, 2.45) is 0 Å². The second kappa shape index (κ2) is 8.89. The van der Waals surface area contributed by atoms with Crippen LogP contribution in [0.25, 0.3) is 0 Å². The smallest absolute Gasteiger partial charge is 0.258 e. The summed E-state index contributed by atoms with van der Waals surface area (Å²) in [6, 6.07) is 4.94. The van der Waals surface area contributed by atoms with Crippen LogP contribution in [0.2, 0.25) is 0 Å². The summed E-state index contributed by atoms with van der Waals surface area (Å²) in [6.07, 6.45) is 0. The maximum atomic E-state index is 10.5. The minimum absolute atomic E-state index is 0.208. The Kier molecular flexibility index (Phi) is 6.89. The van der Waals surface area contributed by atoms with Gasteiger partial charge in [-0.25, -0.2) is 0 Å². The molecule has 15 heteroatoms. The van der Waals surface area contributed by atoms with Crippen LogP contribution in [0.3, 0.4) is 0 Å². The number of hydrogen-bond acceptors (Lipinski definition) is 10. The van der Waals surface area contributed by atoms with Crippen LogP contribution in [-0.4, -0.2) is 24.6 Å². The number of benzene rings is 2. The number of nitro groups is 5. The predicted octanol–water partition coefficient (Wildman–Crippen LogP) is 3.53. The molecule has 0 spiro atoms. The fourth-order valence-corrected chi connectivity index (χ4v) is 2.06. The summed E-state index contributed by atoms with van der Waals surface area (Å²) < 4.78 is 0. The SMILES string of the molecule is Cc1c([N+](=O)[O-])cc([N+](=O)[O-])cc1[N+](=O)[O-].Cc1ccc([N+](=O)[O-])cc1[N+](=O)[O-]. The van der Waals surface area contributed by atoms with E-state index in [2.05, 4.69) is 0 Å². The molecule has 0 bridgehead atoms. The van der Waals surface area contributed by atoms with E-state index in [1.54, 1.807) is 0 Å². The maximum Gasteiger partial charge on any atom is 0.286 e. The van der Waals surface area contributed by atoms with Crippen LogP contribution >= 0.6 is 0 Å². The highest BCUT2D eigenvalue weighted by atomic mass is 16.6. The first-order chi connectivity index (χ1) is 13.4. The van der Waals surface area contributed by atoms with Crippen molar-refractivity contribution in [3.05, 3.63) is 92.0 Å². The van der Waals surface area contributed by atoms with Crippen molar-refractivity contribution in [2.75, 3.05) is 0 Å². The number of nitro benzene ring substituents is 5. The molecule has 0 unspecified atom stereocenters. The summed E-state index contributed by atoms with van der Waals surface area (Å²) in [5.41, 5.74) is -2.24. The van der Waals surface area contributed by atoms with Gasteiger partial charge in [0.1, 0.15) is 5.56 Å². The molecule has 2 rings (SSSR count). The summed E-state index contributed by atoms with van der Waals surface area (Å²) in [4.78, 5) is 48.1. The van der Waals surface area contributed by atoms with E-state index >= 15 is 0 Å². The molecule has 0 heterocycles. The molecule has 0 aliphatic carbocycles. The third-order valence-electron chi connectivity index (χ3n) is 3.54. The topological polar surface area (TPSA) is 216 Å². The molecule has 2 aromatic carbocycles. The highest BCUT2D eigenvalue weighted by molar-refractivity contribution is 5.59. The number of nitrogens with zero attached hydrogens (tertiary/aromatic N) is 5. The Balaban J connectivity index is 0.000000296. The van der Waals surface area contributed by atoms with E-state index < -0.39 is 41.7 Å². The first-order valence-corrected chi connectivity index (χ1v) is 7.34. The maximum absolute atomic E-state index is 10.5. The van der Waals surface area contributed by atoms with Gasteiger partial charge in [0, 0.05) is 11.6 Å². The summed E-state index contributed by atoms with van der Waals surface area (Å²) >= 11 is 0. The Morgan fingerprint density at radius 2 is 0.931 bits per heavy atom. The summed E-state index contributed by atoms with van der Waals surface area (Å²) in [7, 11) is 0. The Morgan fingerprint density at radius 3 is 1.28 bits per heavy atom. The number of non-ortho nitro benzene ring substituents is 2. The van der Waals surface area contributed by atoms with Gasteiger partial charge in [0.05, 0.1) is 42.8 Å². The Morgan fingerprint density at radius 1 is 0.552 bits per heavy atom. The van der Waals surface area contributed by atoms with Gasteiger partial charge in [-0.15, -0.1) is 0 Å². The molecule has 0 aromatic heterocycles. The van der Waals surface area contributed by atoms with Gasteiger partial charge in [0.2, 0.25) is 0 Å². The van der Waals surface area contributed by atoms with Gasteiger partial charge >= 0.3 is 0 Å². The van der Waals surface area contributed by atoms with Crippen LogP contribution in [0.4, 0.5) is 28.4 Å². The summed E-state index contributed by atoms with van der Waals surface area (Å²) in [5, 5.41) is 52.1. The van der Waals surface area contributed by atoms with E-state index in [9.17, 15) is 50.6 Å². The van der Waals surface area contributed by atoms with Crippen LogP contribution < -0.4 is 0 Å². The van der Waals surface area contributed by atoms with Gasteiger partial charge < -0.3 is 0 Å². The van der Waals surface area contributed by atoms with Crippen molar-refractivity contribution in [1.29, 1.82) is 0 Å². The van der Waals surface area contributed by atoms with E-state index in [0.717, 1.165) is 6.07 Å². The molecule has 15 nitrogen and oxygen atoms in total. The largest absolute Gasteiger partial charge is 0.286 e. The van der Waals surface area contributed by atoms with Crippen molar-refractivity contribution in [3.8, 4) is 0 Å². The van der Waals surface area contributed by atoms with Crippen LogP contribution in [0.5, 0.6) is 0 Å². The first kappa shape index (κ1) is 22.5. The van der Waals surface area contributed by atoms with E-state index in [0.29, 0.717) is 17.7 Å². The zero-order chi connectivity index (χ0) is 22.5. The zero-order valence-corrected chi connectivity index (χ0v) is 14.7. The van der Waals surface area contributed by atoms with Crippen LogP contribution in [0, 0.1) is 64.4 Å². The van der Waals surface area contributed by atoms with Crippen LogP contribution in [0.15, 0.2) is 30.3 Å². The molecule has 0 amide bonds. The third-order valence-corrected chi connectivity index (χ3v) is 3.54. The molecular formula is C14H11N5O10. The number of hydrogen-bond donors (Lipinski definition) is 0. The second-order valence-electron chi connectivity index (χ2n) is 5.37. The monoisotopic (exact) mass is 409 g/mol. The third kappa shape index (κ3) is 5.46. The van der Waals surface area contributed by atoms with Crippen molar-refractivity contribution < 1.29 is 24.6 Å². The lowest BCUT2D eigenvalue weighted by molar-refractivity contribution is -0.403. The average Bonchev–Trinajstić information content (AvgIpc) is 2.61. The quantitative estimate of drug-likeness (QED) is 0.516. The van der Waals surface area contributed by atoms with Gasteiger partial charge in [-0.1, -0.05) is 0 Å². The van der Waals surface area contributed by atoms with E-state index in [1.807, 2.05) is 0 Å². The molecule has 0 aliphatic rings. The van der Waals surface area contributed by atoms with Crippen molar-refractivity contribution in [1.82, 2.24) is 0 Å². The molecule has 0 radical (unpaired) electrons. The zero-order valence-electron chi connectivity index (χ0n) is 14.7. The minimum Gasteiger partial charge on any atom is -0.258 e. The average molecular weight is 409 g/mol. The van der Waals surface area contributed by atoms with Crippen LogP contribution in [0.1, 0.15) is 11.1 Å². The van der Waals surface area contributed by atoms with Crippen LogP contribution in [-0.2, 0) is 0 Å². The van der Waals surface area contributed by atoms with Gasteiger partial charge in [0.15, 0.2) is 0 Å². The molecule has 152 valence electrons. The van der Waals surface area contributed by atoms with Crippen molar-refractivity contribution >= 4 is 28.4 Å². The molecule has 0 atom stereocenters. The fourth-order valence-electron chi connectivity index (χ4n) is 2.06. The summed E-state index contributed by atoms with van der Waals surface area (Å²) in [6.45, 7) is 2.70. The molecular weight excluding hydrogens is 398 g/mol. The number of rotatable bonds is 5. The van der Waals surface area contributed by atoms with E-state index in [1.165, 1.54) is 26.0 Å². The normalized spacial score (nSPS) is 9.72. The highest BCUT2D eigenvalue weighted by Crippen LogP contribution is 2.32. The van der Waals surface area contributed by atoms with E-state index in [-0.39, 0.29) is 16.9 Å². The lowest BCUT2D eigenvalue weighted by Gasteiger charge is -1.99. The molecule has 0 saturated heterocycles. The molecule has 2 aromatic rings. The Bertz CT molecular complexity index is 1000. The van der Waals surface area contributed by atoms with Gasteiger partial charge in [0.25, 0.3) is 28.4 Å². The summed E-state index contributed by atoms with van der Waals surface area (Å²) in [5.74, 6) is 0. The Labute approximate surface area is 159 Å². The number of aryl methyl sites for hydroxylation is 1. The first-order valence-electron chi connectivity index (χ1n) is 7.34. The van der Waals surface area contributed by atoms with Gasteiger partial charge in [-0.3, -0.25) is 50.6 Å². The second-order valence-corrected chi connectivity index (χ2v) is 5.37. The van der Waals surface area contributed by atoms with E-state index in [4.69, 9.17) is 0 Å². The molecule has 29 heavy (non-hydrogen) atoms. The lowest BCUT2D eigenvalue weighted by atomic mass is 10.1. The minimum atomic E-state index is -0.917. The predicted molar refractivity (Wildman–Crippen MR) is 95.6 cm³/mol. The molecule has 0 saturated carbocycles. The van der Waals surface area contributed by atoms with Crippen molar-refractivity contribution in [2.45, 2.75) is 13.8 Å². The lowest BCUT2D eigenvalue weighted by Crippen LogP contribution is -2.00. The van der Waals surface area contributed by atoms with Crippen molar-refractivity contribution in [3.63, 3.8) is 0 Å². The Hall–Kier alpha value is -4.56. The standard InChI is InChI=1S/C7H5N3O6.C7H6N2O4/c1-4-6(9(13)14)2-5(8(11)12)3-7(4)10(15)16;1-5-2-3-6(8(10)11)4-7(5)9(12)13/h2-3H,1H3;2-4H,1H3. The van der Waals surface area contributed by atoms with Gasteiger partial charge in [-0.2, -0.15) is 0 Å². The molecule has 0 aliphatic heterocycles. The molecule has 0 N–H and O–H groups in total. The van der Waals surface area contributed by atoms with Gasteiger partial charge in [-0.05, 0) is 19.9 Å². The highest BCUT2D eigenvalue weighted by Gasteiger charge is 2.27.